The van der Waals surface area contributed by atoms with Crippen molar-refractivity contribution in [3.63, 3.8) is 0 Å². The average Bonchev–Trinajstić information content (AvgIpc) is 2.70. The van der Waals surface area contributed by atoms with E-state index in [2.05, 4.69) is 32.6 Å². The van der Waals surface area contributed by atoms with Crippen LogP contribution in [0.25, 0.3) is 0 Å². The molecule has 0 amide bonds. The summed E-state index contributed by atoms with van der Waals surface area (Å²) in [6.45, 7) is 0.540. The minimum Gasteiger partial charge on any atom is -0.458 e. The second-order valence-corrected chi connectivity index (χ2v) is 4.83. The van der Waals surface area contributed by atoms with Crippen LogP contribution in [0.1, 0.15) is 4.88 Å². The van der Waals surface area contributed by atoms with Crippen molar-refractivity contribution in [3.8, 4) is 6.01 Å². The standard InChI is InChI=1S/C9H7IN2OS/c10-7-4-11-9(12-5-7)13-6-8-2-1-3-14-8/h1-5H,6H2. The molecule has 0 radical (unpaired) electrons. The van der Waals surface area contributed by atoms with Crippen LogP contribution in [0.4, 0.5) is 0 Å². The van der Waals surface area contributed by atoms with Gasteiger partial charge in [-0.25, -0.2) is 9.97 Å². The van der Waals surface area contributed by atoms with E-state index < -0.39 is 0 Å². The molecule has 2 heterocycles. The first-order valence-electron chi connectivity index (χ1n) is 3.97. The Morgan fingerprint density at radius 3 is 2.79 bits per heavy atom. The highest BCUT2D eigenvalue weighted by Gasteiger charge is 1.98. The Kier molecular flexibility index (Phi) is 3.30. The summed E-state index contributed by atoms with van der Waals surface area (Å²) < 4.78 is 6.40. The number of rotatable bonds is 3. The first-order valence-corrected chi connectivity index (χ1v) is 5.93. The minimum absolute atomic E-state index is 0.429. The smallest absolute Gasteiger partial charge is 0.316 e. The number of hydrogen-bond acceptors (Lipinski definition) is 4. The predicted molar refractivity (Wildman–Crippen MR) is 63.4 cm³/mol. The number of aromatic nitrogens is 2. The second kappa shape index (κ2) is 4.70. The van der Waals surface area contributed by atoms with Gasteiger partial charge in [-0.3, -0.25) is 0 Å². The highest BCUT2D eigenvalue weighted by molar-refractivity contribution is 14.1. The molecule has 0 unspecified atom stereocenters. The molecule has 0 aliphatic carbocycles. The lowest BCUT2D eigenvalue weighted by atomic mass is 10.5. The maximum atomic E-state index is 5.39. The highest BCUT2D eigenvalue weighted by atomic mass is 127. The van der Waals surface area contributed by atoms with Crippen LogP contribution in [0.2, 0.25) is 0 Å². The summed E-state index contributed by atoms with van der Waals surface area (Å²) in [5.74, 6) is 0. The molecular formula is C9H7IN2OS. The molecule has 0 fully saturated rings. The molecule has 72 valence electrons. The SMILES string of the molecule is Ic1cnc(OCc2cccs2)nc1. The van der Waals surface area contributed by atoms with Crippen LogP contribution < -0.4 is 4.74 Å². The molecule has 14 heavy (non-hydrogen) atoms. The molecule has 0 saturated heterocycles. The molecule has 0 N–H and O–H groups in total. The van der Waals surface area contributed by atoms with Gasteiger partial charge in [-0.2, -0.15) is 0 Å². The van der Waals surface area contributed by atoms with Gasteiger partial charge in [0, 0.05) is 20.8 Å². The number of ether oxygens (including phenoxy) is 1. The quantitative estimate of drug-likeness (QED) is 0.816. The van der Waals surface area contributed by atoms with Crippen molar-refractivity contribution in [2.75, 3.05) is 0 Å². The number of hydrogen-bond donors (Lipinski definition) is 0. The first-order chi connectivity index (χ1) is 6.84. The zero-order chi connectivity index (χ0) is 9.80. The summed E-state index contributed by atoms with van der Waals surface area (Å²) in [6.07, 6.45) is 3.47. The maximum absolute atomic E-state index is 5.39. The Balaban J connectivity index is 1.95. The fourth-order valence-electron chi connectivity index (χ4n) is 0.905. The van der Waals surface area contributed by atoms with Gasteiger partial charge >= 0.3 is 6.01 Å². The Hall–Kier alpha value is -0.690. The zero-order valence-corrected chi connectivity index (χ0v) is 10.2. The van der Waals surface area contributed by atoms with Crippen LogP contribution in [0.5, 0.6) is 6.01 Å². The molecule has 0 aliphatic heterocycles. The van der Waals surface area contributed by atoms with Crippen molar-refractivity contribution in [2.45, 2.75) is 6.61 Å². The minimum atomic E-state index is 0.429. The predicted octanol–water partition coefficient (Wildman–Crippen LogP) is 2.72. The molecule has 0 saturated carbocycles. The van der Waals surface area contributed by atoms with Crippen LogP contribution in [0.3, 0.4) is 0 Å². The van der Waals surface area contributed by atoms with E-state index >= 15 is 0 Å². The summed E-state index contributed by atoms with van der Waals surface area (Å²) in [7, 11) is 0. The van der Waals surface area contributed by atoms with E-state index in [1.165, 1.54) is 4.88 Å². The molecular weight excluding hydrogens is 311 g/mol. The van der Waals surface area contributed by atoms with Gasteiger partial charge < -0.3 is 4.74 Å². The first kappa shape index (κ1) is 9.85. The zero-order valence-electron chi connectivity index (χ0n) is 7.18. The Morgan fingerprint density at radius 2 is 2.14 bits per heavy atom. The van der Waals surface area contributed by atoms with Crippen LogP contribution in [-0.4, -0.2) is 9.97 Å². The normalized spacial score (nSPS) is 10.1. The summed E-state index contributed by atoms with van der Waals surface area (Å²) in [6, 6.07) is 4.45. The summed E-state index contributed by atoms with van der Waals surface area (Å²) in [5, 5.41) is 2.02. The van der Waals surface area contributed by atoms with Gasteiger partial charge in [-0.1, -0.05) is 6.07 Å². The van der Waals surface area contributed by atoms with Crippen molar-refractivity contribution >= 4 is 33.9 Å². The van der Waals surface area contributed by atoms with Crippen molar-refractivity contribution < 1.29 is 4.74 Å². The fourth-order valence-corrected chi connectivity index (χ4v) is 1.80. The van der Waals surface area contributed by atoms with Crippen LogP contribution in [-0.2, 0) is 6.61 Å². The monoisotopic (exact) mass is 318 g/mol. The molecule has 2 aromatic rings. The molecule has 0 aromatic carbocycles. The van der Waals surface area contributed by atoms with E-state index in [0.717, 1.165) is 3.57 Å². The van der Waals surface area contributed by atoms with Gasteiger partial charge in [0.1, 0.15) is 6.61 Å². The Labute approximate surface area is 99.3 Å². The summed E-state index contributed by atoms with van der Waals surface area (Å²) in [4.78, 5) is 9.26. The van der Waals surface area contributed by atoms with Gasteiger partial charge in [0.15, 0.2) is 0 Å². The Morgan fingerprint density at radius 1 is 1.36 bits per heavy atom. The van der Waals surface area contributed by atoms with Gasteiger partial charge in [0.25, 0.3) is 0 Å². The van der Waals surface area contributed by atoms with E-state index in [-0.39, 0.29) is 0 Å². The lowest BCUT2D eigenvalue weighted by molar-refractivity contribution is 0.283. The topological polar surface area (TPSA) is 35.0 Å². The molecule has 0 spiro atoms. The average molecular weight is 318 g/mol. The second-order valence-electron chi connectivity index (χ2n) is 2.55. The largest absolute Gasteiger partial charge is 0.458 e. The number of nitrogens with zero attached hydrogens (tertiary/aromatic N) is 2. The van der Waals surface area contributed by atoms with Crippen molar-refractivity contribution in [1.29, 1.82) is 0 Å². The molecule has 2 rings (SSSR count). The van der Waals surface area contributed by atoms with Gasteiger partial charge in [-0.05, 0) is 34.0 Å². The van der Waals surface area contributed by atoms with E-state index in [9.17, 15) is 0 Å². The van der Waals surface area contributed by atoms with Crippen LogP contribution in [0.15, 0.2) is 29.9 Å². The molecule has 0 bridgehead atoms. The number of halogens is 1. The molecule has 3 nitrogen and oxygen atoms in total. The summed E-state index contributed by atoms with van der Waals surface area (Å²) >= 11 is 3.82. The van der Waals surface area contributed by atoms with Crippen molar-refractivity contribution in [2.24, 2.45) is 0 Å². The molecule has 0 aliphatic rings. The third-order valence-corrected chi connectivity index (χ3v) is 2.93. The highest BCUT2D eigenvalue weighted by Crippen LogP contribution is 2.11. The van der Waals surface area contributed by atoms with E-state index in [1.54, 1.807) is 23.7 Å². The van der Waals surface area contributed by atoms with E-state index in [4.69, 9.17) is 4.74 Å². The lowest BCUT2D eigenvalue weighted by Crippen LogP contribution is -1.97. The van der Waals surface area contributed by atoms with Crippen molar-refractivity contribution in [1.82, 2.24) is 9.97 Å². The molecule has 5 heteroatoms. The van der Waals surface area contributed by atoms with Gasteiger partial charge in [0.05, 0.1) is 0 Å². The lowest BCUT2D eigenvalue weighted by Gasteiger charge is -2.01. The van der Waals surface area contributed by atoms with Crippen LogP contribution >= 0.6 is 33.9 Å². The van der Waals surface area contributed by atoms with Crippen LogP contribution in [0, 0.1) is 3.57 Å². The van der Waals surface area contributed by atoms with Gasteiger partial charge in [-0.15, -0.1) is 11.3 Å². The molecule has 2 aromatic heterocycles. The third-order valence-electron chi connectivity index (χ3n) is 1.52. The third kappa shape index (κ3) is 2.65. The van der Waals surface area contributed by atoms with Crippen molar-refractivity contribution in [3.05, 3.63) is 38.4 Å². The summed E-state index contributed by atoms with van der Waals surface area (Å²) in [5.41, 5.74) is 0. The fraction of sp³-hybridized carbons (Fsp3) is 0.111. The number of thiophene rings is 1. The molecule has 0 atom stereocenters. The maximum Gasteiger partial charge on any atom is 0.316 e. The Bertz CT molecular complexity index is 388. The van der Waals surface area contributed by atoms with E-state index in [1.807, 2.05) is 17.5 Å². The van der Waals surface area contributed by atoms with E-state index in [0.29, 0.717) is 12.6 Å². The van der Waals surface area contributed by atoms with Gasteiger partial charge in [0.2, 0.25) is 0 Å².